The summed E-state index contributed by atoms with van der Waals surface area (Å²) >= 11 is 5.41. The number of rotatable bonds is 5. The average Bonchev–Trinajstić information content (AvgIpc) is 2.28. The first-order valence-electron chi connectivity index (χ1n) is 4.48. The van der Waals surface area contributed by atoms with Gasteiger partial charge in [0, 0.05) is 6.07 Å². The molecule has 0 radical (unpaired) electrons. The van der Waals surface area contributed by atoms with Crippen LogP contribution in [0.15, 0.2) is 34.9 Å². The van der Waals surface area contributed by atoms with Gasteiger partial charge in [-0.25, -0.2) is 0 Å². The fourth-order valence-electron chi connectivity index (χ4n) is 1.05. The van der Waals surface area contributed by atoms with E-state index in [0.29, 0.717) is 0 Å². The maximum atomic E-state index is 10.7. The van der Waals surface area contributed by atoms with Crippen molar-refractivity contribution in [3.05, 3.63) is 50.0 Å². The van der Waals surface area contributed by atoms with Crippen molar-refractivity contribution in [1.29, 1.82) is 0 Å². The Morgan fingerprint density at radius 1 is 1.39 bits per heavy atom. The molecule has 0 amide bonds. The predicted octanol–water partition coefficient (Wildman–Crippen LogP) is 2.65. The van der Waals surface area contributed by atoms with E-state index >= 15 is 0 Å². The molecule has 0 aliphatic heterocycles. The number of anilines is 1. The van der Waals surface area contributed by atoms with Gasteiger partial charge in [0.25, 0.3) is 5.69 Å². The molecule has 0 aliphatic carbocycles. The highest BCUT2D eigenvalue weighted by molar-refractivity contribution is 6.38. The molecule has 1 rings (SSSR count). The monoisotopic (exact) mass is 270 g/mol. The van der Waals surface area contributed by atoms with Crippen LogP contribution < -0.4 is 5.43 Å². The summed E-state index contributed by atoms with van der Waals surface area (Å²) in [6.07, 6.45) is 1.15. The third kappa shape index (κ3) is 3.52. The number of halogens is 1. The molecule has 0 atom stereocenters. The number of non-ortho nitro benzene ring substituents is 1. The van der Waals surface area contributed by atoms with Crippen molar-refractivity contribution in [2.45, 2.75) is 0 Å². The van der Waals surface area contributed by atoms with Crippen molar-refractivity contribution in [2.24, 2.45) is 5.10 Å². The lowest BCUT2D eigenvalue weighted by Gasteiger charge is -2.01. The highest BCUT2D eigenvalue weighted by Gasteiger charge is 2.18. The molecular formula is C9H7ClN4O4. The normalized spacial score (nSPS) is 10.3. The highest BCUT2D eigenvalue weighted by Crippen LogP contribution is 2.28. The van der Waals surface area contributed by atoms with E-state index in [1.807, 2.05) is 0 Å². The van der Waals surface area contributed by atoms with Crippen molar-refractivity contribution < 1.29 is 9.85 Å². The van der Waals surface area contributed by atoms with Gasteiger partial charge in [0.05, 0.1) is 27.2 Å². The topological polar surface area (TPSA) is 111 Å². The fourth-order valence-corrected chi connectivity index (χ4v) is 1.10. The number of nitrogens with zero attached hydrogens (tertiary/aromatic N) is 3. The molecule has 18 heavy (non-hydrogen) atoms. The molecule has 94 valence electrons. The Morgan fingerprint density at radius 2 is 2.06 bits per heavy atom. The number of benzene rings is 1. The summed E-state index contributed by atoms with van der Waals surface area (Å²) in [5.74, 6) is 0. The minimum atomic E-state index is -0.750. The van der Waals surface area contributed by atoms with Crippen LogP contribution in [-0.2, 0) is 0 Å². The lowest BCUT2D eigenvalue weighted by atomic mass is 10.2. The Balaban J connectivity index is 3.08. The summed E-state index contributed by atoms with van der Waals surface area (Å²) in [6.45, 7) is 3.33. The van der Waals surface area contributed by atoms with Crippen LogP contribution in [0.4, 0.5) is 17.1 Å². The molecule has 1 aromatic carbocycles. The van der Waals surface area contributed by atoms with Crippen LogP contribution in [0, 0.1) is 20.2 Å². The summed E-state index contributed by atoms with van der Waals surface area (Å²) in [6, 6.07) is 3.15. The predicted molar refractivity (Wildman–Crippen MR) is 66.9 cm³/mol. The summed E-state index contributed by atoms with van der Waals surface area (Å²) in [7, 11) is 0. The molecule has 1 N–H and O–H groups in total. The maximum absolute atomic E-state index is 10.7. The molecule has 9 heteroatoms. The second-order valence-electron chi connectivity index (χ2n) is 3.03. The van der Waals surface area contributed by atoms with Crippen LogP contribution >= 0.6 is 11.6 Å². The first kappa shape index (κ1) is 13.6. The molecule has 0 saturated carbocycles. The Labute approximate surface area is 106 Å². The van der Waals surface area contributed by atoms with Gasteiger partial charge in [-0.1, -0.05) is 18.2 Å². The number of nitro benzene ring substituents is 2. The van der Waals surface area contributed by atoms with Crippen molar-refractivity contribution in [3.8, 4) is 0 Å². The molecule has 0 fully saturated rings. The standard InChI is InChI=1S/C9H7ClN4O4/c1-6(10)5-11-12-8-3-2-7(13(15)16)4-9(8)14(17)18/h2-5,12H,1H2/b11-5-. The first-order valence-corrected chi connectivity index (χ1v) is 4.86. The van der Waals surface area contributed by atoms with E-state index in [4.69, 9.17) is 11.6 Å². The van der Waals surface area contributed by atoms with Crippen molar-refractivity contribution in [1.82, 2.24) is 0 Å². The molecule has 0 aliphatic rings. The van der Waals surface area contributed by atoms with E-state index in [0.717, 1.165) is 18.3 Å². The molecule has 1 aromatic rings. The number of hydrazone groups is 1. The van der Waals surface area contributed by atoms with Gasteiger partial charge in [0.2, 0.25) is 0 Å². The Kier molecular flexibility index (Phi) is 4.33. The van der Waals surface area contributed by atoms with Crippen molar-refractivity contribution in [2.75, 3.05) is 5.43 Å². The zero-order valence-corrected chi connectivity index (χ0v) is 9.63. The second kappa shape index (κ2) is 5.73. The van der Waals surface area contributed by atoms with E-state index < -0.39 is 15.5 Å². The first-order chi connectivity index (χ1) is 8.41. The quantitative estimate of drug-likeness (QED) is 0.502. The van der Waals surface area contributed by atoms with Gasteiger partial charge in [-0.15, -0.1) is 0 Å². The summed E-state index contributed by atoms with van der Waals surface area (Å²) in [5.41, 5.74) is 1.53. The third-order valence-corrected chi connectivity index (χ3v) is 1.88. The minimum Gasteiger partial charge on any atom is -0.272 e. The summed E-state index contributed by atoms with van der Waals surface area (Å²) in [5, 5.41) is 24.9. The van der Waals surface area contributed by atoms with Crippen LogP contribution in [0.1, 0.15) is 0 Å². The zero-order chi connectivity index (χ0) is 13.7. The van der Waals surface area contributed by atoms with Crippen LogP contribution in [0.25, 0.3) is 0 Å². The Bertz CT molecular complexity index is 543. The van der Waals surface area contributed by atoms with E-state index in [2.05, 4.69) is 17.1 Å². The van der Waals surface area contributed by atoms with Crippen LogP contribution in [0.2, 0.25) is 0 Å². The van der Waals surface area contributed by atoms with Crippen molar-refractivity contribution >= 4 is 34.9 Å². The average molecular weight is 271 g/mol. The largest absolute Gasteiger partial charge is 0.301 e. The van der Waals surface area contributed by atoms with E-state index in [9.17, 15) is 20.2 Å². The minimum absolute atomic E-state index is 0.0137. The van der Waals surface area contributed by atoms with Gasteiger partial charge in [-0.3, -0.25) is 25.7 Å². The molecule has 0 saturated heterocycles. The lowest BCUT2D eigenvalue weighted by Crippen LogP contribution is -1.98. The van der Waals surface area contributed by atoms with Crippen molar-refractivity contribution in [3.63, 3.8) is 0 Å². The third-order valence-electron chi connectivity index (χ3n) is 1.78. The second-order valence-corrected chi connectivity index (χ2v) is 3.52. The maximum Gasteiger partial charge on any atom is 0.301 e. The van der Waals surface area contributed by atoms with Crippen LogP contribution in [0.3, 0.4) is 0 Å². The number of hydrogen-bond acceptors (Lipinski definition) is 6. The summed E-state index contributed by atoms with van der Waals surface area (Å²) in [4.78, 5) is 19.8. The fraction of sp³-hybridized carbons (Fsp3) is 0. The van der Waals surface area contributed by atoms with Gasteiger partial charge in [-0.2, -0.15) is 5.10 Å². The van der Waals surface area contributed by atoms with Gasteiger partial charge < -0.3 is 0 Å². The van der Waals surface area contributed by atoms with Gasteiger partial charge in [-0.05, 0) is 6.07 Å². The van der Waals surface area contributed by atoms with E-state index in [1.54, 1.807) is 0 Å². The molecular weight excluding hydrogens is 264 g/mol. The Morgan fingerprint density at radius 3 is 2.56 bits per heavy atom. The molecule has 0 unspecified atom stereocenters. The smallest absolute Gasteiger partial charge is 0.272 e. The number of nitro groups is 2. The molecule has 0 aromatic heterocycles. The van der Waals surface area contributed by atoms with Gasteiger partial charge in [0.1, 0.15) is 5.69 Å². The van der Waals surface area contributed by atoms with Gasteiger partial charge >= 0.3 is 5.69 Å². The SMILES string of the molecule is C=C(Cl)/C=N\Nc1ccc([N+](=O)[O-])cc1[N+](=O)[O-]. The molecule has 0 bridgehead atoms. The number of hydrogen-bond donors (Lipinski definition) is 1. The number of nitrogens with one attached hydrogen (secondary N) is 1. The van der Waals surface area contributed by atoms with Crippen LogP contribution in [-0.4, -0.2) is 16.1 Å². The van der Waals surface area contributed by atoms with E-state index in [-0.39, 0.29) is 16.4 Å². The Hall–Kier alpha value is -2.48. The van der Waals surface area contributed by atoms with Crippen LogP contribution in [0.5, 0.6) is 0 Å². The number of allylic oxidation sites excluding steroid dienone is 1. The highest BCUT2D eigenvalue weighted by atomic mass is 35.5. The zero-order valence-electron chi connectivity index (χ0n) is 8.87. The van der Waals surface area contributed by atoms with Gasteiger partial charge in [0.15, 0.2) is 0 Å². The summed E-state index contributed by atoms with van der Waals surface area (Å²) < 4.78 is 0. The molecule has 0 heterocycles. The lowest BCUT2D eigenvalue weighted by molar-refractivity contribution is -0.393. The molecule has 8 nitrogen and oxygen atoms in total. The molecule has 0 spiro atoms. The van der Waals surface area contributed by atoms with E-state index in [1.165, 1.54) is 6.07 Å².